The van der Waals surface area contributed by atoms with Gasteiger partial charge in [-0.15, -0.1) is 10.2 Å². The molecule has 0 aliphatic heterocycles. The molecule has 3 aromatic rings. The molecule has 92 valence electrons. The van der Waals surface area contributed by atoms with Gasteiger partial charge in [0.2, 0.25) is 5.65 Å². The first-order valence-corrected chi connectivity index (χ1v) is 6.20. The van der Waals surface area contributed by atoms with Gasteiger partial charge in [0.05, 0.1) is 12.7 Å². The monoisotopic (exact) mass is 282 g/mol. The first-order chi connectivity index (χ1) is 8.74. The molecule has 0 spiro atoms. The van der Waals surface area contributed by atoms with E-state index in [4.69, 9.17) is 11.6 Å². The molecule has 0 aromatic carbocycles. The van der Waals surface area contributed by atoms with Crippen molar-refractivity contribution in [3.63, 3.8) is 0 Å². The van der Waals surface area contributed by atoms with E-state index in [1.165, 1.54) is 11.3 Å². The number of halogens is 1. The van der Waals surface area contributed by atoms with Crippen molar-refractivity contribution < 1.29 is 0 Å². The number of aromatic amines is 1. The maximum atomic E-state index is 11.4. The molecular formula is C9H7ClN6OS. The van der Waals surface area contributed by atoms with Crippen molar-refractivity contribution in [1.82, 2.24) is 24.6 Å². The Balaban J connectivity index is 1.87. The van der Waals surface area contributed by atoms with E-state index in [2.05, 4.69) is 25.5 Å². The quantitative estimate of drug-likeness (QED) is 0.752. The zero-order chi connectivity index (χ0) is 12.5. The van der Waals surface area contributed by atoms with E-state index < -0.39 is 0 Å². The average molecular weight is 283 g/mol. The third-order valence-electron chi connectivity index (χ3n) is 2.28. The largest absolute Gasteiger partial charge is 0.354 e. The topological polar surface area (TPSA) is 88.0 Å². The predicted octanol–water partition coefficient (Wildman–Crippen LogP) is 1.14. The number of nitrogens with one attached hydrogen (secondary N) is 2. The molecule has 3 rings (SSSR count). The van der Waals surface area contributed by atoms with E-state index in [0.29, 0.717) is 21.8 Å². The Hall–Kier alpha value is -1.93. The second-order valence-electron chi connectivity index (χ2n) is 3.42. The number of hydrogen-bond donors (Lipinski definition) is 2. The van der Waals surface area contributed by atoms with E-state index in [1.807, 2.05) is 0 Å². The highest BCUT2D eigenvalue weighted by molar-refractivity contribution is 7.19. The number of H-pyrrole nitrogens is 1. The van der Waals surface area contributed by atoms with E-state index >= 15 is 0 Å². The van der Waals surface area contributed by atoms with E-state index in [9.17, 15) is 4.79 Å². The van der Waals surface area contributed by atoms with Crippen molar-refractivity contribution >= 4 is 33.7 Å². The maximum absolute atomic E-state index is 11.4. The summed E-state index contributed by atoms with van der Waals surface area (Å²) in [5, 5.41) is 11.5. The smallest absolute Gasteiger partial charge is 0.293 e. The van der Waals surface area contributed by atoms with Gasteiger partial charge in [0, 0.05) is 12.4 Å². The van der Waals surface area contributed by atoms with Crippen LogP contribution in [0.25, 0.3) is 5.65 Å². The number of fused-ring (bicyclic) bond motifs is 1. The first-order valence-electron chi connectivity index (χ1n) is 5.00. The van der Waals surface area contributed by atoms with Gasteiger partial charge in [-0.25, -0.2) is 4.98 Å². The van der Waals surface area contributed by atoms with Gasteiger partial charge in [0.25, 0.3) is 5.56 Å². The van der Waals surface area contributed by atoms with Crippen LogP contribution in [0.3, 0.4) is 0 Å². The summed E-state index contributed by atoms with van der Waals surface area (Å²) >= 11 is 7.11. The number of rotatable bonds is 3. The number of thiazole rings is 1. The summed E-state index contributed by atoms with van der Waals surface area (Å²) < 4.78 is 2.24. The van der Waals surface area contributed by atoms with Gasteiger partial charge < -0.3 is 10.3 Å². The molecule has 0 amide bonds. The molecule has 0 saturated heterocycles. The van der Waals surface area contributed by atoms with Crippen LogP contribution < -0.4 is 10.9 Å². The van der Waals surface area contributed by atoms with Crippen LogP contribution in [0.1, 0.15) is 5.82 Å². The number of aromatic nitrogens is 5. The molecule has 3 aromatic heterocycles. The minimum Gasteiger partial charge on any atom is -0.354 e. The fourth-order valence-electron chi connectivity index (χ4n) is 1.50. The van der Waals surface area contributed by atoms with E-state index in [1.54, 1.807) is 23.0 Å². The highest BCUT2D eigenvalue weighted by Crippen LogP contribution is 2.22. The summed E-state index contributed by atoms with van der Waals surface area (Å²) in [6, 6.07) is 0. The van der Waals surface area contributed by atoms with Crippen LogP contribution in [0, 0.1) is 0 Å². The Bertz CT molecular complexity index is 747. The Morgan fingerprint density at radius 1 is 1.50 bits per heavy atom. The van der Waals surface area contributed by atoms with Crippen molar-refractivity contribution in [2.45, 2.75) is 6.54 Å². The molecule has 0 radical (unpaired) electrons. The summed E-state index contributed by atoms with van der Waals surface area (Å²) in [5.74, 6) is 0.627. The van der Waals surface area contributed by atoms with Crippen molar-refractivity contribution in [3.8, 4) is 0 Å². The molecule has 0 unspecified atom stereocenters. The SMILES string of the molecule is O=c1[nH]ccn2c(CNc3ncc(Cl)s3)nnc12. The standard InChI is InChI=1S/C9H7ClN6OS/c10-5-3-12-9(18-5)13-4-6-14-15-7-8(17)11-1-2-16(6)7/h1-3H,4H2,(H,11,17)(H,12,13). The molecule has 3 heterocycles. The van der Waals surface area contributed by atoms with E-state index in [-0.39, 0.29) is 11.2 Å². The lowest BCUT2D eigenvalue weighted by atomic mass is 10.5. The van der Waals surface area contributed by atoms with Crippen LogP contribution in [0.2, 0.25) is 4.34 Å². The molecule has 0 bridgehead atoms. The van der Waals surface area contributed by atoms with Gasteiger partial charge in [-0.3, -0.25) is 9.20 Å². The van der Waals surface area contributed by atoms with Gasteiger partial charge in [-0.1, -0.05) is 22.9 Å². The molecule has 0 fully saturated rings. The van der Waals surface area contributed by atoms with E-state index in [0.717, 1.165) is 0 Å². The lowest BCUT2D eigenvalue weighted by Gasteiger charge is -2.00. The van der Waals surface area contributed by atoms with Gasteiger partial charge in [-0.05, 0) is 0 Å². The fraction of sp³-hybridized carbons (Fsp3) is 0.111. The minimum absolute atomic E-state index is 0.270. The number of hydrogen-bond acceptors (Lipinski definition) is 6. The second-order valence-corrected chi connectivity index (χ2v) is 5.08. The van der Waals surface area contributed by atoms with Crippen LogP contribution >= 0.6 is 22.9 Å². The first kappa shape index (κ1) is 11.2. The third kappa shape index (κ3) is 1.95. The van der Waals surface area contributed by atoms with Crippen molar-refractivity contribution in [1.29, 1.82) is 0 Å². The van der Waals surface area contributed by atoms with Crippen molar-refractivity contribution in [2.75, 3.05) is 5.32 Å². The zero-order valence-corrected chi connectivity index (χ0v) is 10.5. The van der Waals surface area contributed by atoms with Crippen LogP contribution in [0.15, 0.2) is 23.4 Å². The van der Waals surface area contributed by atoms with Gasteiger partial charge in [-0.2, -0.15) is 0 Å². The van der Waals surface area contributed by atoms with Crippen LogP contribution in [0.4, 0.5) is 5.13 Å². The molecule has 0 aliphatic rings. The van der Waals surface area contributed by atoms with Crippen molar-refractivity contribution in [2.24, 2.45) is 0 Å². The predicted molar refractivity (Wildman–Crippen MR) is 68.1 cm³/mol. The fourth-order valence-corrected chi connectivity index (χ4v) is 2.31. The molecule has 18 heavy (non-hydrogen) atoms. The second kappa shape index (κ2) is 4.39. The summed E-state index contributed by atoms with van der Waals surface area (Å²) in [4.78, 5) is 18.0. The maximum Gasteiger partial charge on any atom is 0.293 e. The Kier molecular flexibility index (Phi) is 2.73. The van der Waals surface area contributed by atoms with Crippen LogP contribution in [-0.4, -0.2) is 24.6 Å². The van der Waals surface area contributed by atoms with Gasteiger partial charge in [0.15, 0.2) is 11.0 Å². The molecule has 9 heteroatoms. The summed E-state index contributed by atoms with van der Waals surface area (Å²) in [5.41, 5.74) is 0.0000132. The lowest BCUT2D eigenvalue weighted by molar-refractivity contribution is 0.911. The summed E-state index contributed by atoms with van der Waals surface area (Å²) in [6.07, 6.45) is 4.81. The molecule has 7 nitrogen and oxygen atoms in total. The highest BCUT2D eigenvalue weighted by atomic mass is 35.5. The van der Waals surface area contributed by atoms with Gasteiger partial charge >= 0.3 is 0 Å². The summed E-state index contributed by atoms with van der Waals surface area (Å²) in [7, 11) is 0. The highest BCUT2D eigenvalue weighted by Gasteiger charge is 2.08. The van der Waals surface area contributed by atoms with Gasteiger partial charge in [0.1, 0.15) is 4.34 Å². The Morgan fingerprint density at radius 2 is 2.39 bits per heavy atom. The molecule has 2 N–H and O–H groups in total. The van der Waals surface area contributed by atoms with Crippen LogP contribution in [-0.2, 0) is 6.54 Å². The molecule has 0 atom stereocenters. The van der Waals surface area contributed by atoms with Crippen LogP contribution in [0.5, 0.6) is 0 Å². The van der Waals surface area contributed by atoms with Crippen molar-refractivity contribution in [3.05, 3.63) is 39.1 Å². The normalized spacial score (nSPS) is 10.9. The zero-order valence-electron chi connectivity index (χ0n) is 8.92. The minimum atomic E-state index is -0.270. The number of nitrogens with zero attached hydrogens (tertiary/aromatic N) is 4. The molecule has 0 saturated carbocycles. The molecular weight excluding hydrogens is 276 g/mol. The Labute approximate surface area is 109 Å². The summed E-state index contributed by atoms with van der Waals surface area (Å²) in [6.45, 7) is 0.411. The molecule has 0 aliphatic carbocycles. The third-order valence-corrected chi connectivity index (χ3v) is 3.36. The number of anilines is 1. The average Bonchev–Trinajstić information content (AvgIpc) is 2.94. The lowest BCUT2D eigenvalue weighted by Crippen LogP contribution is -2.10. The Morgan fingerprint density at radius 3 is 3.17 bits per heavy atom.